The molecule has 0 radical (unpaired) electrons. The summed E-state index contributed by atoms with van der Waals surface area (Å²) in [6, 6.07) is 10.3. The van der Waals surface area contributed by atoms with Gasteiger partial charge in [0.2, 0.25) is 0 Å². The Bertz CT molecular complexity index is 1380. The van der Waals surface area contributed by atoms with Crippen molar-refractivity contribution in [3.63, 3.8) is 0 Å². The summed E-state index contributed by atoms with van der Waals surface area (Å²) >= 11 is 0. The maximum atomic E-state index is 14.7. The first-order chi connectivity index (χ1) is 16.6. The molecule has 4 rings (SSSR count). The molecule has 0 spiro atoms. The zero-order valence-corrected chi connectivity index (χ0v) is 19.6. The quantitative estimate of drug-likeness (QED) is 0.406. The number of primary amides is 1. The van der Waals surface area contributed by atoms with Gasteiger partial charge in [0.15, 0.2) is 5.75 Å². The highest BCUT2D eigenvalue weighted by atomic mass is 19.1. The largest absolute Gasteiger partial charge is 0.456 e. The van der Waals surface area contributed by atoms with Gasteiger partial charge in [-0.15, -0.1) is 0 Å². The molecule has 1 aliphatic carbocycles. The lowest BCUT2D eigenvalue weighted by Gasteiger charge is -2.21. The normalized spacial score (nSPS) is 12.7. The van der Waals surface area contributed by atoms with Crippen molar-refractivity contribution in [2.24, 2.45) is 12.8 Å². The number of aryl methyl sites for hydroxylation is 1. The molecule has 1 fully saturated rings. The first-order valence-corrected chi connectivity index (χ1v) is 11.1. The minimum Gasteiger partial charge on any atom is -0.456 e. The molecule has 0 unspecified atom stereocenters. The van der Waals surface area contributed by atoms with Crippen LogP contribution in [-0.4, -0.2) is 22.5 Å². The minimum absolute atomic E-state index is 0.0255. The second kappa shape index (κ2) is 9.49. The van der Waals surface area contributed by atoms with Crippen molar-refractivity contribution in [2.75, 3.05) is 10.6 Å². The summed E-state index contributed by atoms with van der Waals surface area (Å²) in [5, 5.41) is 8.28. The van der Waals surface area contributed by atoms with E-state index in [2.05, 4.69) is 16.0 Å². The molecular formula is C25H26FN5O4. The summed E-state index contributed by atoms with van der Waals surface area (Å²) in [4.78, 5) is 37.7. The van der Waals surface area contributed by atoms with Crippen molar-refractivity contribution in [3.8, 4) is 11.5 Å². The van der Waals surface area contributed by atoms with Crippen LogP contribution in [0.25, 0.3) is 0 Å². The third-order valence-electron chi connectivity index (χ3n) is 5.60. The van der Waals surface area contributed by atoms with Gasteiger partial charge in [-0.2, -0.15) is 0 Å². The number of rotatable bonds is 7. The number of nitrogens with two attached hydrogens (primary N) is 1. The standard InChI is InChI=1S/C25H26FN5O4/c1-13-7-10-19(18(26)11-13)30-22-20(23(32)28-15-8-9-15)21(14(2)24(33)31(22)3)35-17-6-4-5-16(12-17)29-25(27)34/h4-7,10-12,15,30H,8-9H2,1-3H3,(H,28,32)(H3,27,29,34). The van der Waals surface area contributed by atoms with Crippen LogP contribution in [0.1, 0.15) is 34.3 Å². The van der Waals surface area contributed by atoms with Gasteiger partial charge in [0, 0.05) is 24.8 Å². The predicted molar refractivity (Wildman–Crippen MR) is 131 cm³/mol. The molecule has 182 valence electrons. The van der Waals surface area contributed by atoms with Gasteiger partial charge in [-0.3, -0.25) is 14.2 Å². The number of ether oxygens (including phenoxy) is 1. The van der Waals surface area contributed by atoms with Crippen molar-refractivity contribution >= 4 is 29.1 Å². The first kappa shape index (κ1) is 23.8. The number of carbonyl (C=O) groups is 2. The number of nitrogens with one attached hydrogen (secondary N) is 3. The smallest absolute Gasteiger partial charge is 0.316 e. The lowest BCUT2D eigenvalue weighted by atomic mass is 10.1. The van der Waals surface area contributed by atoms with E-state index in [-0.39, 0.29) is 40.2 Å². The molecule has 1 saturated carbocycles. The van der Waals surface area contributed by atoms with Crippen LogP contribution in [0.5, 0.6) is 11.5 Å². The van der Waals surface area contributed by atoms with Gasteiger partial charge in [0.05, 0.1) is 11.3 Å². The lowest BCUT2D eigenvalue weighted by molar-refractivity contribution is 0.0948. The fourth-order valence-corrected chi connectivity index (χ4v) is 3.63. The van der Waals surface area contributed by atoms with E-state index in [0.717, 1.165) is 18.4 Å². The van der Waals surface area contributed by atoms with E-state index in [4.69, 9.17) is 10.5 Å². The summed E-state index contributed by atoms with van der Waals surface area (Å²) in [5.74, 6) is -0.608. The number of halogens is 1. The van der Waals surface area contributed by atoms with Crippen LogP contribution < -0.4 is 32.0 Å². The SMILES string of the molecule is Cc1ccc(Nc2c(C(=O)NC3CC3)c(Oc3cccc(NC(N)=O)c3)c(C)c(=O)n2C)c(F)c1. The first-order valence-electron chi connectivity index (χ1n) is 11.1. The maximum absolute atomic E-state index is 14.7. The van der Waals surface area contributed by atoms with Gasteiger partial charge >= 0.3 is 6.03 Å². The molecular weight excluding hydrogens is 453 g/mol. The summed E-state index contributed by atoms with van der Waals surface area (Å²) in [6.45, 7) is 3.31. The molecule has 0 atom stereocenters. The van der Waals surface area contributed by atoms with Crippen molar-refractivity contribution in [2.45, 2.75) is 32.7 Å². The minimum atomic E-state index is -0.747. The second-order valence-electron chi connectivity index (χ2n) is 8.52. The van der Waals surface area contributed by atoms with Crippen molar-refractivity contribution < 1.29 is 18.7 Å². The highest BCUT2D eigenvalue weighted by Crippen LogP contribution is 2.35. The van der Waals surface area contributed by atoms with Crippen LogP contribution >= 0.6 is 0 Å². The highest BCUT2D eigenvalue weighted by molar-refractivity contribution is 6.03. The molecule has 1 aliphatic rings. The van der Waals surface area contributed by atoms with Crippen LogP contribution in [0, 0.1) is 19.7 Å². The van der Waals surface area contributed by atoms with E-state index in [1.54, 1.807) is 38.1 Å². The van der Waals surface area contributed by atoms with Gasteiger partial charge in [0.25, 0.3) is 11.5 Å². The summed E-state index contributed by atoms with van der Waals surface area (Å²) < 4.78 is 22.0. The number of nitrogens with zero attached hydrogens (tertiary/aromatic N) is 1. The number of aromatic nitrogens is 1. The molecule has 35 heavy (non-hydrogen) atoms. The Hall–Kier alpha value is -4.34. The Kier molecular flexibility index (Phi) is 6.46. The van der Waals surface area contributed by atoms with Gasteiger partial charge < -0.3 is 26.4 Å². The number of hydrogen-bond acceptors (Lipinski definition) is 5. The number of anilines is 3. The molecule has 5 N–H and O–H groups in total. The van der Waals surface area contributed by atoms with Crippen LogP contribution in [0.2, 0.25) is 0 Å². The Morgan fingerprint density at radius 1 is 1.14 bits per heavy atom. The van der Waals surface area contributed by atoms with E-state index >= 15 is 0 Å². The van der Waals surface area contributed by atoms with Gasteiger partial charge in [0.1, 0.15) is 22.9 Å². The second-order valence-corrected chi connectivity index (χ2v) is 8.52. The third kappa shape index (κ3) is 5.26. The predicted octanol–water partition coefficient (Wildman–Crippen LogP) is 4.06. The molecule has 10 heteroatoms. The van der Waals surface area contributed by atoms with E-state index in [1.165, 1.54) is 29.8 Å². The zero-order valence-electron chi connectivity index (χ0n) is 19.6. The van der Waals surface area contributed by atoms with Crippen molar-refractivity contribution in [3.05, 3.63) is 75.3 Å². The fraction of sp³-hybridized carbons (Fsp3) is 0.240. The van der Waals surface area contributed by atoms with Crippen LogP contribution in [0.15, 0.2) is 47.3 Å². The molecule has 0 aliphatic heterocycles. The Labute approximate surface area is 201 Å². The molecule has 0 saturated heterocycles. The van der Waals surface area contributed by atoms with E-state index in [1.807, 2.05) is 0 Å². The van der Waals surface area contributed by atoms with Crippen LogP contribution in [0.3, 0.4) is 0 Å². The van der Waals surface area contributed by atoms with E-state index in [0.29, 0.717) is 5.69 Å². The summed E-state index contributed by atoms with van der Waals surface area (Å²) in [6.07, 6.45) is 1.70. The molecule has 0 bridgehead atoms. The zero-order chi connectivity index (χ0) is 25.3. The molecule has 3 amide bonds. The average Bonchev–Trinajstić information content (AvgIpc) is 3.61. The van der Waals surface area contributed by atoms with Gasteiger partial charge in [-0.25, -0.2) is 9.18 Å². The highest BCUT2D eigenvalue weighted by Gasteiger charge is 2.30. The number of urea groups is 1. The molecule has 2 aromatic carbocycles. The summed E-state index contributed by atoms with van der Waals surface area (Å²) in [5.41, 5.74) is 6.22. The van der Waals surface area contributed by atoms with Crippen molar-refractivity contribution in [1.29, 1.82) is 0 Å². The molecule has 3 aromatic rings. The Balaban J connectivity index is 1.85. The van der Waals surface area contributed by atoms with Crippen LogP contribution in [-0.2, 0) is 7.05 Å². The monoisotopic (exact) mass is 479 g/mol. The fourth-order valence-electron chi connectivity index (χ4n) is 3.63. The average molecular weight is 480 g/mol. The third-order valence-corrected chi connectivity index (χ3v) is 5.60. The Morgan fingerprint density at radius 2 is 1.89 bits per heavy atom. The molecule has 9 nitrogen and oxygen atoms in total. The van der Waals surface area contributed by atoms with E-state index < -0.39 is 23.3 Å². The maximum Gasteiger partial charge on any atom is 0.316 e. The van der Waals surface area contributed by atoms with Crippen molar-refractivity contribution in [1.82, 2.24) is 9.88 Å². The number of benzene rings is 2. The van der Waals surface area contributed by atoms with Gasteiger partial charge in [-0.1, -0.05) is 12.1 Å². The molecule has 1 aromatic heterocycles. The summed E-state index contributed by atoms with van der Waals surface area (Å²) in [7, 11) is 1.50. The van der Waals surface area contributed by atoms with E-state index in [9.17, 15) is 18.8 Å². The number of carbonyl (C=O) groups excluding carboxylic acids is 2. The van der Waals surface area contributed by atoms with Gasteiger partial charge in [-0.05, 0) is 56.5 Å². The lowest BCUT2D eigenvalue weighted by Crippen LogP contribution is -2.31. The topological polar surface area (TPSA) is 127 Å². The number of pyridine rings is 1. The van der Waals surface area contributed by atoms with Crippen LogP contribution in [0.4, 0.5) is 26.4 Å². The molecule has 1 heterocycles. The Morgan fingerprint density at radius 3 is 2.54 bits per heavy atom. The number of hydrogen-bond donors (Lipinski definition) is 4. The number of amides is 3.